The Morgan fingerprint density at radius 2 is 1.56 bits per heavy atom. The molecular weight excluding hydrogens is 695 g/mol. The number of ether oxygens (including phenoxy) is 1. The lowest BCUT2D eigenvalue weighted by Gasteiger charge is -2.51. The minimum Gasteiger partial charge on any atom is -0.445 e. The molecule has 0 spiro atoms. The van der Waals surface area contributed by atoms with Crippen LogP contribution in [0.2, 0.25) is 0 Å². The molecule has 0 bridgehead atoms. The fourth-order valence-electron chi connectivity index (χ4n) is 8.42. The summed E-state index contributed by atoms with van der Waals surface area (Å²) in [6.07, 6.45) is 7.94. The third kappa shape index (κ3) is 13.3. The zero-order valence-electron chi connectivity index (χ0n) is 33.8. The van der Waals surface area contributed by atoms with Crippen LogP contribution < -0.4 is 16.4 Å². The van der Waals surface area contributed by atoms with Crippen LogP contribution in [0, 0.1) is 17.8 Å². The highest BCUT2D eigenvalue weighted by Gasteiger charge is 2.46. The molecule has 2 fully saturated rings. The minimum absolute atomic E-state index is 0.00328. The summed E-state index contributed by atoms with van der Waals surface area (Å²) in [5, 5.41) is 18.1. The van der Waals surface area contributed by atoms with Crippen LogP contribution in [-0.2, 0) is 32.1 Å². The molecular formula is C44H65N5O6. The first-order valence-electron chi connectivity index (χ1n) is 20.1. The fourth-order valence-corrected chi connectivity index (χ4v) is 8.42. The molecule has 2 aromatic rings. The molecule has 2 aromatic carbocycles. The number of nitrogens with zero attached hydrogens (tertiary/aromatic N) is 2. The standard InChI is InChI=1S/C44H65N5O6/c1-31(2)25-36(45)22-21-35(26-32-15-9-7-10-16-32)41(52)48-24-14-20-38(48)40(51)47-37(19-13-23-46-42(53)55-30-33-17-11-8-12-18-33)39(50)27-34-28-43(3,4)49(54)44(5,6)29-34/h7-12,15-18,21-22,31,34-38,54H,13-14,19-20,23-30,45H2,1-6H3,(H,46,53)(H,47,51)/b22-21+/t35-,36-,37-,38+/m1/s1. The molecule has 2 heterocycles. The van der Waals surface area contributed by atoms with Gasteiger partial charge in [0.05, 0.1) is 12.0 Å². The van der Waals surface area contributed by atoms with E-state index >= 15 is 0 Å². The summed E-state index contributed by atoms with van der Waals surface area (Å²) in [7, 11) is 0. The van der Waals surface area contributed by atoms with Crippen molar-refractivity contribution in [2.75, 3.05) is 13.1 Å². The molecule has 5 N–H and O–H groups in total. The smallest absolute Gasteiger partial charge is 0.407 e. The molecule has 3 amide bonds. The van der Waals surface area contributed by atoms with Crippen LogP contribution in [0.4, 0.5) is 4.79 Å². The van der Waals surface area contributed by atoms with E-state index in [4.69, 9.17) is 10.5 Å². The number of amides is 3. The second-order valence-corrected chi connectivity index (χ2v) is 17.2. The number of hydroxylamine groups is 2. The van der Waals surface area contributed by atoms with Crippen molar-refractivity contribution >= 4 is 23.7 Å². The number of ketones is 1. The molecule has 2 saturated heterocycles. The van der Waals surface area contributed by atoms with Crippen LogP contribution in [-0.4, -0.2) is 81.2 Å². The molecule has 11 nitrogen and oxygen atoms in total. The molecule has 0 saturated carbocycles. The predicted molar refractivity (Wildman–Crippen MR) is 215 cm³/mol. The Morgan fingerprint density at radius 3 is 2.18 bits per heavy atom. The quantitative estimate of drug-likeness (QED) is 0.0983. The zero-order chi connectivity index (χ0) is 40.2. The first-order valence-corrected chi connectivity index (χ1v) is 20.1. The predicted octanol–water partition coefficient (Wildman–Crippen LogP) is 6.57. The lowest BCUT2D eigenvalue weighted by Crippen LogP contribution is -2.59. The molecule has 4 atom stereocenters. The third-order valence-corrected chi connectivity index (χ3v) is 10.9. The maximum atomic E-state index is 14.3. The SMILES string of the molecule is CC(C)C[C@H](N)/C=C/[C@H](Cc1ccccc1)C(=O)N1CCC[C@H]1C(=O)N[C@H](CCCNC(=O)OCc1ccccc1)C(=O)CC1CC(C)(C)N(O)C(C)(C)C1. The number of piperidine rings is 1. The van der Waals surface area contributed by atoms with Crippen LogP contribution in [0.3, 0.4) is 0 Å². The maximum Gasteiger partial charge on any atom is 0.407 e. The lowest BCUT2D eigenvalue weighted by molar-refractivity contribution is -0.251. The molecule has 0 unspecified atom stereocenters. The number of likely N-dealkylation sites (tertiary alicyclic amines) is 1. The van der Waals surface area contributed by atoms with E-state index in [2.05, 4.69) is 24.5 Å². The van der Waals surface area contributed by atoms with Crippen molar-refractivity contribution in [1.82, 2.24) is 20.6 Å². The van der Waals surface area contributed by atoms with Crippen LogP contribution in [0.1, 0.15) is 104 Å². The van der Waals surface area contributed by atoms with Crippen molar-refractivity contribution in [3.05, 3.63) is 83.9 Å². The van der Waals surface area contributed by atoms with Gasteiger partial charge >= 0.3 is 6.09 Å². The first kappa shape index (κ1) is 43.7. The topological polar surface area (TPSA) is 154 Å². The number of carbonyl (C=O) groups is 4. The maximum absolute atomic E-state index is 14.3. The van der Waals surface area contributed by atoms with Crippen molar-refractivity contribution in [3.63, 3.8) is 0 Å². The Hall–Kier alpha value is -4.06. The summed E-state index contributed by atoms with van der Waals surface area (Å²) in [5.41, 5.74) is 7.23. The number of benzene rings is 2. The Balaban J connectivity index is 1.46. The van der Waals surface area contributed by atoms with Gasteiger partial charge in [-0.15, -0.1) is 0 Å². The van der Waals surface area contributed by atoms with Gasteiger partial charge in [0.2, 0.25) is 11.8 Å². The number of hydrogen-bond acceptors (Lipinski definition) is 8. The van der Waals surface area contributed by atoms with Gasteiger partial charge in [0.25, 0.3) is 0 Å². The van der Waals surface area contributed by atoms with Crippen LogP contribution in [0.15, 0.2) is 72.8 Å². The van der Waals surface area contributed by atoms with E-state index in [0.29, 0.717) is 57.4 Å². The van der Waals surface area contributed by atoms with Gasteiger partial charge in [-0.3, -0.25) is 14.4 Å². The van der Waals surface area contributed by atoms with Crippen LogP contribution >= 0.6 is 0 Å². The normalized spacial score (nSPS) is 20.2. The second kappa shape index (κ2) is 20.2. The zero-order valence-corrected chi connectivity index (χ0v) is 33.8. The van der Waals surface area contributed by atoms with Crippen molar-refractivity contribution in [3.8, 4) is 0 Å². The van der Waals surface area contributed by atoms with Gasteiger partial charge in [0.15, 0.2) is 5.78 Å². The second-order valence-electron chi connectivity index (χ2n) is 17.2. The average Bonchev–Trinajstić information content (AvgIpc) is 3.63. The Labute approximate surface area is 328 Å². The summed E-state index contributed by atoms with van der Waals surface area (Å²) in [6.45, 7) is 13.0. The highest BCUT2D eigenvalue weighted by atomic mass is 16.5. The summed E-state index contributed by atoms with van der Waals surface area (Å²) in [6, 6.07) is 17.5. The number of rotatable bonds is 18. The Kier molecular flexibility index (Phi) is 16.0. The highest BCUT2D eigenvalue weighted by molar-refractivity contribution is 5.94. The first-order chi connectivity index (χ1) is 26.1. The van der Waals surface area contributed by atoms with Crippen LogP contribution in [0.25, 0.3) is 0 Å². The summed E-state index contributed by atoms with van der Waals surface area (Å²) < 4.78 is 5.34. The van der Waals surface area contributed by atoms with Gasteiger partial charge in [-0.2, -0.15) is 5.06 Å². The van der Waals surface area contributed by atoms with E-state index < -0.39 is 35.2 Å². The molecule has 2 aliphatic rings. The largest absolute Gasteiger partial charge is 0.445 e. The summed E-state index contributed by atoms with van der Waals surface area (Å²) >= 11 is 0. The summed E-state index contributed by atoms with van der Waals surface area (Å²) in [5.74, 6) is -0.648. The Morgan fingerprint density at radius 1 is 0.945 bits per heavy atom. The number of nitrogens with two attached hydrogens (primary N) is 1. The van der Waals surface area contributed by atoms with E-state index in [1.165, 1.54) is 5.06 Å². The molecule has 55 heavy (non-hydrogen) atoms. The average molecular weight is 760 g/mol. The molecule has 0 aliphatic carbocycles. The van der Waals surface area contributed by atoms with Crippen molar-refractivity contribution in [2.45, 2.75) is 135 Å². The van der Waals surface area contributed by atoms with E-state index in [9.17, 15) is 24.4 Å². The van der Waals surface area contributed by atoms with Gasteiger partial charge in [-0.1, -0.05) is 86.7 Å². The third-order valence-electron chi connectivity index (χ3n) is 10.9. The number of Topliss-reactive ketones (excluding diaryl/α,β-unsaturated/α-hetero) is 1. The number of carbonyl (C=O) groups excluding carboxylic acids is 4. The molecule has 302 valence electrons. The molecule has 4 rings (SSSR count). The fraction of sp³-hybridized carbons (Fsp3) is 0.591. The summed E-state index contributed by atoms with van der Waals surface area (Å²) in [4.78, 5) is 56.6. The van der Waals surface area contributed by atoms with E-state index in [1.54, 1.807) is 4.90 Å². The number of alkyl carbamates (subject to hydrolysis) is 1. The lowest BCUT2D eigenvalue weighted by atomic mass is 9.73. The van der Waals surface area contributed by atoms with Crippen LogP contribution in [0.5, 0.6) is 0 Å². The Bertz CT molecular complexity index is 1560. The molecule has 0 aromatic heterocycles. The highest BCUT2D eigenvalue weighted by Crippen LogP contribution is 2.41. The number of hydrogen-bond donors (Lipinski definition) is 4. The minimum atomic E-state index is -0.806. The van der Waals surface area contributed by atoms with Gasteiger partial charge in [0.1, 0.15) is 12.6 Å². The van der Waals surface area contributed by atoms with Crippen molar-refractivity contribution in [2.24, 2.45) is 23.5 Å². The molecule has 0 radical (unpaired) electrons. The van der Waals surface area contributed by atoms with Gasteiger partial charge < -0.3 is 31.2 Å². The van der Waals surface area contributed by atoms with Gasteiger partial charge in [-0.05, 0) is 102 Å². The molecule has 11 heteroatoms. The van der Waals surface area contributed by atoms with Gasteiger partial charge in [-0.25, -0.2) is 4.79 Å². The number of nitrogens with one attached hydrogen (secondary N) is 2. The molecule has 2 aliphatic heterocycles. The van der Waals surface area contributed by atoms with E-state index in [-0.39, 0.29) is 49.1 Å². The monoisotopic (exact) mass is 759 g/mol. The van der Waals surface area contributed by atoms with Crippen molar-refractivity contribution in [1.29, 1.82) is 0 Å². The van der Waals surface area contributed by atoms with E-state index in [0.717, 1.165) is 17.5 Å². The van der Waals surface area contributed by atoms with Gasteiger partial charge in [0, 0.05) is 36.6 Å². The van der Waals surface area contributed by atoms with Crippen molar-refractivity contribution < 1.29 is 29.1 Å². The van der Waals surface area contributed by atoms with E-state index in [1.807, 2.05) is 101 Å².